The van der Waals surface area contributed by atoms with E-state index in [0.29, 0.717) is 0 Å². The van der Waals surface area contributed by atoms with Crippen LogP contribution in [0.25, 0.3) is 22.6 Å². The van der Waals surface area contributed by atoms with Gasteiger partial charge in [0.25, 0.3) is 0 Å². The third kappa shape index (κ3) is 6.41. The van der Waals surface area contributed by atoms with E-state index in [-0.39, 0.29) is 6.04 Å². The molecule has 8 bridgehead atoms. The maximum absolute atomic E-state index is 7.32. The van der Waals surface area contributed by atoms with Gasteiger partial charge in [0.1, 0.15) is 0 Å². The molecule has 5 heterocycles. The molecule has 0 spiro atoms. The van der Waals surface area contributed by atoms with Gasteiger partial charge in [0.2, 0.25) is 0 Å². The summed E-state index contributed by atoms with van der Waals surface area (Å²) in [5.41, 5.74) is 14.4. The van der Waals surface area contributed by atoms with Crippen molar-refractivity contribution in [2.75, 3.05) is 32.5 Å². The third-order valence-corrected chi connectivity index (χ3v) is 11.6. The van der Waals surface area contributed by atoms with E-state index in [9.17, 15) is 0 Å². The highest BCUT2D eigenvalue weighted by molar-refractivity contribution is 7.98. The summed E-state index contributed by atoms with van der Waals surface area (Å²) >= 11 is 9.04. The van der Waals surface area contributed by atoms with Crippen molar-refractivity contribution in [1.82, 2.24) is 24.1 Å². The van der Waals surface area contributed by atoms with Gasteiger partial charge in [-0.3, -0.25) is 9.58 Å². The van der Waals surface area contributed by atoms with Crippen LogP contribution in [-0.4, -0.2) is 57.4 Å². The fraction of sp³-hybridized carbons (Fsp3) is 0.436. The number of rotatable bonds is 1. The number of thioether (sulfide) groups is 1. The predicted molar refractivity (Wildman–Crippen MR) is 202 cm³/mol. The fourth-order valence-corrected chi connectivity index (χ4v) is 9.11. The molecule has 2 aromatic carbocycles. The summed E-state index contributed by atoms with van der Waals surface area (Å²) in [6, 6.07) is 13.5. The van der Waals surface area contributed by atoms with Gasteiger partial charge in [0, 0.05) is 97.6 Å². The van der Waals surface area contributed by atoms with E-state index < -0.39 is 0 Å². The largest absolute Gasteiger partial charge is 0.385 e. The Kier molecular flexibility index (Phi) is 10.3. The van der Waals surface area contributed by atoms with Crippen LogP contribution in [0.1, 0.15) is 72.4 Å². The Bertz CT molecular complexity index is 1930. The van der Waals surface area contributed by atoms with Crippen molar-refractivity contribution in [1.29, 1.82) is 5.26 Å². The molecule has 0 saturated heterocycles. The molecule has 1 N–H and O–H groups in total. The quantitative estimate of drug-likeness (QED) is 0.218. The second-order valence-corrected chi connectivity index (χ2v) is 14.8. The summed E-state index contributed by atoms with van der Waals surface area (Å²) in [5.74, 6) is 0.914. The minimum Gasteiger partial charge on any atom is -0.385 e. The maximum atomic E-state index is 7.32. The molecular formula is C39H48ClN7S. The molecule has 7 nitrogen and oxygen atoms in total. The molecule has 2 aromatic heterocycles. The van der Waals surface area contributed by atoms with Gasteiger partial charge in [0.05, 0.1) is 28.3 Å². The zero-order chi connectivity index (χ0) is 34.1. The van der Waals surface area contributed by atoms with Gasteiger partial charge >= 0.3 is 0 Å². The predicted octanol–water partition coefficient (Wildman–Crippen LogP) is 8.44. The van der Waals surface area contributed by atoms with Gasteiger partial charge in [-0.2, -0.15) is 10.4 Å². The molecule has 0 saturated carbocycles. The van der Waals surface area contributed by atoms with E-state index >= 15 is 0 Å². The number of aromatic nitrogens is 3. The summed E-state index contributed by atoms with van der Waals surface area (Å²) in [5, 5.41) is 18.1. The molecule has 48 heavy (non-hydrogen) atoms. The lowest BCUT2D eigenvalue weighted by Gasteiger charge is -2.45. The van der Waals surface area contributed by atoms with Gasteiger partial charge < -0.3 is 14.8 Å². The number of likely N-dealkylation sites (N-methyl/N-ethyl adjacent to an activating group) is 2. The Hall–Kier alpha value is -3.64. The van der Waals surface area contributed by atoms with Crippen molar-refractivity contribution in [2.45, 2.75) is 75.6 Å². The summed E-state index contributed by atoms with van der Waals surface area (Å²) in [7, 11) is 8.66. The Morgan fingerprint density at radius 1 is 1.04 bits per heavy atom. The number of nitrogens with zero attached hydrogens (tertiary/aromatic N) is 6. The Labute approximate surface area is 295 Å². The van der Waals surface area contributed by atoms with E-state index in [0.717, 1.165) is 68.2 Å². The molecule has 0 radical (unpaired) electrons. The van der Waals surface area contributed by atoms with E-state index in [4.69, 9.17) is 22.0 Å². The number of hydrogen-bond donors (Lipinski definition) is 1. The zero-order valence-corrected chi connectivity index (χ0v) is 30.9. The smallest absolute Gasteiger partial charge is 0.0767 e. The molecule has 0 amide bonds. The number of nitrogens with one attached hydrogen (secondary N) is 1. The van der Waals surface area contributed by atoms with Gasteiger partial charge in [0.15, 0.2) is 0 Å². The Morgan fingerprint density at radius 2 is 1.75 bits per heavy atom. The van der Waals surface area contributed by atoms with Gasteiger partial charge in [-0.1, -0.05) is 24.2 Å². The van der Waals surface area contributed by atoms with Crippen LogP contribution in [0.15, 0.2) is 47.5 Å². The van der Waals surface area contributed by atoms with Crippen LogP contribution in [-0.2, 0) is 45.7 Å². The SMILES string of the molecule is C=Cc1c2c3ccc(Cl)c(c3n1C)C1=C(CN(C)Cc3cc(n(C)n3)CSc3cc(c4c(c3)CCCN4)CCCC2)N(C)C1C.CC#N. The van der Waals surface area contributed by atoms with E-state index in [1.807, 2.05) is 17.8 Å². The lowest BCUT2D eigenvalue weighted by atomic mass is 9.87. The molecule has 4 aromatic rings. The summed E-state index contributed by atoms with van der Waals surface area (Å²) in [4.78, 5) is 6.15. The second-order valence-electron chi connectivity index (χ2n) is 13.4. The van der Waals surface area contributed by atoms with Gasteiger partial charge in [-0.05, 0) is 99.5 Å². The third-order valence-electron chi connectivity index (χ3n) is 10.2. The fourth-order valence-electron chi connectivity index (χ4n) is 7.82. The molecule has 252 valence electrons. The van der Waals surface area contributed by atoms with Gasteiger partial charge in [-0.25, -0.2) is 0 Å². The first-order valence-electron chi connectivity index (χ1n) is 17.1. The maximum Gasteiger partial charge on any atom is 0.0767 e. The molecule has 3 aliphatic heterocycles. The van der Waals surface area contributed by atoms with Crippen LogP contribution in [0, 0.1) is 11.3 Å². The molecular weight excluding hydrogens is 634 g/mol. The van der Waals surface area contributed by atoms with Gasteiger partial charge in [-0.15, -0.1) is 11.8 Å². The zero-order valence-electron chi connectivity index (χ0n) is 29.3. The number of halogens is 1. The number of nitriles is 1. The number of benzene rings is 2. The molecule has 9 heteroatoms. The average molecular weight is 682 g/mol. The van der Waals surface area contributed by atoms with E-state index in [2.05, 4.69) is 96.4 Å². The Morgan fingerprint density at radius 3 is 2.48 bits per heavy atom. The van der Waals surface area contributed by atoms with Crippen molar-refractivity contribution in [3.05, 3.63) is 87.0 Å². The minimum absolute atomic E-state index is 0.289. The molecule has 1 unspecified atom stereocenters. The van der Waals surface area contributed by atoms with Crippen LogP contribution in [0.2, 0.25) is 5.02 Å². The first-order chi connectivity index (χ1) is 23.2. The average Bonchev–Trinajstić information content (AvgIpc) is 3.56. The van der Waals surface area contributed by atoms with Crippen molar-refractivity contribution in [2.24, 2.45) is 14.1 Å². The summed E-state index contributed by atoms with van der Waals surface area (Å²) in [6.07, 6.45) is 8.76. The molecule has 3 aliphatic rings. The van der Waals surface area contributed by atoms with Crippen molar-refractivity contribution >= 4 is 51.6 Å². The summed E-state index contributed by atoms with van der Waals surface area (Å²) in [6.45, 7) is 10.7. The standard InChI is InChI=1S/C37H45ClN6S.C2H3N/c1-7-32-29-13-9-8-11-24-17-28(18-25-12-10-16-39-36(24)25)45-22-27-19-26(40-44(27)6)20-41(3)21-33-34(23(2)42(33)4)35-31(38)15-14-30(29)37(35)43(32)5;1-2-3/h7,14-15,17-19,23,39H,1,8-13,16,20-22H2,2-6H3;1H3. The van der Waals surface area contributed by atoms with E-state index in [1.54, 1.807) is 6.07 Å². The number of anilines is 1. The summed E-state index contributed by atoms with van der Waals surface area (Å²) < 4.78 is 4.40. The number of aryl methyl sites for hydroxylation is 5. The minimum atomic E-state index is 0.289. The number of fused-ring (bicyclic) bond motifs is 7. The van der Waals surface area contributed by atoms with Crippen LogP contribution >= 0.6 is 23.4 Å². The number of hydrogen-bond acceptors (Lipinski definition) is 6. The van der Waals surface area contributed by atoms with Crippen molar-refractivity contribution in [3.63, 3.8) is 0 Å². The molecule has 0 aliphatic carbocycles. The Balaban J connectivity index is 0.00000129. The normalized spacial score (nSPS) is 18.5. The van der Waals surface area contributed by atoms with Crippen molar-refractivity contribution < 1.29 is 0 Å². The topological polar surface area (TPSA) is 65.1 Å². The molecule has 1 atom stereocenters. The lowest BCUT2D eigenvalue weighted by Crippen LogP contribution is -2.44. The van der Waals surface area contributed by atoms with Crippen LogP contribution in [0.4, 0.5) is 5.69 Å². The molecule has 7 rings (SSSR count). The monoisotopic (exact) mass is 681 g/mol. The highest BCUT2D eigenvalue weighted by Gasteiger charge is 2.36. The van der Waals surface area contributed by atoms with Crippen LogP contribution in [0.3, 0.4) is 0 Å². The highest BCUT2D eigenvalue weighted by atomic mass is 35.5. The highest BCUT2D eigenvalue weighted by Crippen LogP contribution is 2.45. The first kappa shape index (κ1) is 34.2. The van der Waals surface area contributed by atoms with Crippen LogP contribution in [0.5, 0.6) is 0 Å². The van der Waals surface area contributed by atoms with E-state index in [1.165, 1.54) is 79.7 Å². The molecule has 0 fully saturated rings. The lowest BCUT2D eigenvalue weighted by molar-refractivity contribution is 0.260. The second kappa shape index (κ2) is 14.5. The van der Waals surface area contributed by atoms with Crippen molar-refractivity contribution in [3.8, 4) is 6.07 Å². The first-order valence-corrected chi connectivity index (χ1v) is 18.4. The van der Waals surface area contributed by atoms with Crippen LogP contribution < -0.4 is 5.32 Å².